The fourth-order valence-corrected chi connectivity index (χ4v) is 1.43. The molecule has 2 amide bonds. The molecule has 0 fully saturated rings. The van der Waals surface area contributed by atoms with Crippen LogP contribution in [0, 0.1) is 5.82 Å². The summed E-state index contributed by atoms with van der Waals surface area (Å²) in [5.74, 6) is -0.954. The maximum atomic E-state index is 12.7. The summed E-state index contributed by atoms with van der Waals surface area (Å²) in [6.07, 6.45) is 2.86. The predicted octanol–water partition coefficient (Wildman–Crippen LogP) is 1.87. The molecule has 0 aliphatic heterocycles. The van der Waals surface area contributed by atoms with Crippen molar-refractivity contribution in [3.8, 4) is 0 Å². The third-order valence-electron chi connectivity index (χ3n) is 2.23. The summed E-state index contributed by atoms with van der Waals surface area (Å²) in [7, 11) is 0. The standard InChI is InChI=1S/C15H19FN2O2/c1-15(2,3)18-14(20)10-17-13(19)9-6-11-4-7-12(16)8-5-11/h4-9H,10H2,1-3H3,(H,17,19)(H,18,20)/b9-6+. The zero-order valence-electron chi connectivity index (χ0n) is 11.9. The third-order valence-corrected chi connectivity index (χ3v) is 2.23. The Morgan fingerprint density at radius 3 is 2.35 bits per heavy atom. The van der Waals surface area contributed by atoms with Crippen molar-refractivity contribution < 1.29 is 14.0 Å². The fourth-order valence-electron chi connectivity index (χ4n) is 1.43. The van der Waals surface area contributed by atoms with Gasteiger partial charge in [0.05, 0.1) is 6.54 Å². The molecule has 0 bridgehead atoms. The van der Waals surface area contributed by atoms with Gasteiger partial charge in [0.25, 0.3) is 0 Å². The topological polar surface area (TPSA) is 58.2 Å². The molecule has 0 heterocycles. The van der Waals surface area contributed by atoms with Crippen molar-refractivity contribution in [2.75, 3.05) is 6.54 Å². The summed E-state index contributed by atoms with van der Waals surface area (Å²) in [5.41, 5.74) is 0.381. The maximum absolute atomic E-state index is 12.7. The Hall–Kier alpha value is -2.17. The predicted molar refractivity (Wildman–Crippen MR) is 76.3 cm³/mol. The number of benzene rings is 1. The molecule has 0 saturated heterocycles. The largest absolute Gasteiger partial charge is 0.350 e. The Labute approximate surface area is 118 Å². The van der Waals surface area contributed by atoms with E-state index in [0.717, 1.165) is 0 Å². The number of hydrogen-bond donors (Lipinski definition) is 2. The summed E-state index contributed by atoms with van der Waals surface area (Å²) >= 11 is 0. The molecule has 0 unspecified atom stereocenters. The molecule has 0 spiro atoms. The van der Waals surface area contributed by atoms with E-state index < -0.39 is 0 Å². The first-order valence-corrected chi connectivity index (χ1v) is 6.29. The van der Waals surface area contributed by atoms with E-state index in [1.54, 1.807) is 18.2 Å². The first-order chi connectivity index (χ1) is 9.26. The maximum Gasteiger partial charge on any atom is 0.244 e. The second-order valence-electron chi connectivity index (χ2n) is 5.40. The van der Waals surface area contributed by atoms with Crippen LogP contribution in [0.25, 0.3) is 6.08 Å². The molecule has 108 valence electrons. The lowest BCUT2D eigenvalue weighted by molar-refractivity contribution is -0.124. The van der Waals surface area contributed by atoms with Gasteiger partial charge >= 0.3 is 0 Å². The van der Waals surface area contributed by atoms with Crippen LogP contribution in [0.1, 0.15) is 26.3 Å². The summed E-state index contributed by atoms with van der Waals surface area (Å²) in [6.45, 7) is 5.51. The quantitative estimate of drug-likeness (QED) is 0.826. The van der Waals surface area contributed by atoms with Crippen LogP contribution >= 0.6 is 0 Å². The van der Waals surface area contributed by atoms with Crippen LogP contribution in [0.15, 0.2) is 30.3 Å². The van der Waals surface area contributed by atoms with Crippen LogP contribution in [0.4, 0.5) is 4.39 Å². The minimum absolute atomic E-state index is 0.0795. The second-order valence-corrected chi connectivity index (χ2v) is 5.40. The lowest BCUT2D eigenvalue weighted by Crippen LogP contribution is -2.45. The number of amides is 2. The van der Waals surface area contributed by atoms with Gasteiger partial charge in [-0.25, -0.2) is 4.39 Å². The van der Waals surface area contributed by atoms with Crippen LogP contribution < -0.4 is 10.6 Å². The molecule has 5 heteroatoms. The van der Waals surface area contributed by atoms with Crippen molar-refractivity contribution >= 4 is 17.9 Å². The lowest BCUT2D eigenvalue weighted by Gasteiger charge is -2.20. The zero-order valence-corrected chi connectivity index (χ0v) is 11.9. The van der Waals surface area contributed by atoms with E-state index in [9.17, 15) is 14.0 Å². The molecular weight excluding hydrogens is 259 g/mol. The highest BCUT2D eigenvalue weighted by molar-refractivity contribution is 5.94. The Morgan fingerprint density at radius 2 is 1.80 bits per heavy atom. The molecule has 2 N–H and O–H groups in total. The van der Waals surface area contributed by atoms with Crippen molar-refractivity contribution in [1.82, 2.24) is 10.6 Å². The Kier molecular flexibility index (Phi) is 5.43. The van der Waals surface area contributed by atoms with Crippen molar-refractivity contribution in [3.05, 3.63) is 41.7 Å². The number of nitrogens with one attached hydrogen (secondary N) is 2. The molecule has 0 saturated carbocycles. The van der Waals surface area contributed by atoms with Gasteiger partial charge in [-0.1, -0.05) is 12.1 Å². The first kappa shape index (κ1) is 15.9. The van der Waals surface area contributed by atoms with Gasteiger partial charge < -0.3 is 10.6 Å². The summed E-state index contributed by atoms with van der Waals surface area (Å²) in [5, 5.41) is 5.21. The minimum Gasteiger partial charge on any atom is -0.350 e. The molecule has 1 aromatic rings. The summed E-state index contributed by atoms with van der Waals surface area (Å²) in [6, 6.07) is 5.75. The number of carbonyl (C=O) groups excluding carboxylic acids is 2. The second kappa shape index (κ2) is 6.84. The highest BCUT2D eigenvalue weighted by Crippen LogP contribution is 2.04. The van der Waals surface area contributed by atoms with Crippen LogP contribution in [-0.4, -0.2) is 23.9 Å². The van der Waals surface area contributed by atoms with Crippen LogP contribution in [0.5, 0.6) is 0 Å². The number of carbonyl (C=O) groups is 2. The van der Waals surface area contributed by atoms with E-state index in [1.165, 1.54) is 18.2 Å². The van der Waals surface area contributed by atoms with Gasteiger partial charge in [-0.05, 0) is 44.5 Å². The smallest absolute Gasteiger partial charge is 0.244 e. The van der Waals surface area contributed by atoms with E-state index in [4.69, 9.17) is 0 Å². The van der Waals surface area contributed by atoms with Crippen molar-refractivity contribution in [1.29, 1.82) is 0 Å². The van der Waals surface area contributed by atoms with Crippen molar-refractivity contribution in [2.24, 2.45) is 0 Å². The molecule has 4 nitrogen and oxygen atoms in total. The van der Waals surface area contributed by atoms with Gasteiger partial charge in [-0.2, -0.15) is 0 Å². The zero-order chi connectivity index (χ0) is 15.2. The van der Waals surface area contributed by atoms with E-state index in [-0.39, 0.29) is 29.7 Å². The lowest BCUT2D eigenvalue weighted by atomic mass is 10.1. The molecule has 20 heavy (non-hydrogen) atoms. The van der Waals surface area contributed by atoms with E-state index >= 15 is 0 Å². The molecule has 0 radical (unpaired) electrons. The van der Waals surface area contributed by atoms with Crippen LogP contribution in [0.3, 0.4) is 0 Å². The van der Waals surface area contributed by atoms with E-state index in [0.29, 0.717) is 5.56 Å². The Morgan fingerprint density at radius 1 is 1.20 bits per heavy atom. The highest BCUT2D eigenvalue weighted by atomic mass is 19.1. The molecule has 0 aliphatic carbocycles. The third kappa shape index (κ3) is 6.68. The number of hydrogen-bond acceptors (Lipinski definition) is 2. The van der Waals surface area contributed by atoms with Crippen molar-refractivity contribution in [2.45, 2.75) is 26.3 Å². The van der Waals surface area contributed by atoms with Gasteiger partial charge in [0, 0.05) is 11.6 Å². The molecule has 0 aliphatic rings. The van der Waals surface area contributed by atoms with Gasteiger partial charge in [-0.15, -0.1) is 0 Å². The Balaban J connectivity index is 2.40. The highest BCUT2D eigenvalue weighted by Gasteiger charge is 2.13. The summed E-state index contributed by atoms with van der Waals surface area (Å²) in [4.78, 5) is 23.0. The van der Waals surface area contributed by atoms with Crippen molar-refractivity contribution in [3.63, 3.8) is 0 Å². The Bertz CT molecular complexity index is 502. The number of halogens is 1. The monoisotopic (exact) mass is 278 g/mol. The van der Waals surface area contributed by atoms with Gasteiger partial charge in [0.2, 0.25) is 11.8 Å². The minimum atomic E-state index is -0.376. The normalized spacial score (nSPS) is 11.4. The van der Waals surface area contributed by atoms with E-state index in [2.05, 4.69) is 10.6 Å². The SMILES string of the molecule is CC(C)(C)NC(=O)CNC(=O)/C=C/c1ccc(F)cc1. The van der Waals surface area contributed by atoms with Gasteiger partial charge in [0.15, 0.2) is 0 Å². The molecule has 0 aromatic heterocycles. The molecule has 1 aromatic carbocycles. The number of rotatable bonds is 4. The average molecular weight is 278 g/mol. The van der Waals surface area contributed by atoms with Gasteiger partial charge in [-0.3, -0.25) is 9.59 Å². The summed E-state index contributed by atoms with van der Waals surface area (Å²) < 4.78 is 12.7. The van der Waals surface area contributed by atoms with E-state index in [1.807, 2.05) is 20.8 Å². The molecule has 0 atom stereocenters. The molecular formula is C15H19FN2O2. The first-order valence-electron chi connectivity index (χ1n) is 6.29. The molecule has 1 rings (SSSR count). The van der Waals surface area contributed by atoms with Crippen LogP contribution in [-0.2, 0) is 9.59 Å². The fraction of sp³-hybridized carbons (Fsp3) is 0.333. The van der Waals surface area contributed by atoms with Gasteiger partial charge in [0.1, 0.15) is 5.82 Å². The van der Waals surface area contributed by atoms with Crippen LogP contribution in [0.2, 0.25) is 0 Å². The average Bonchev–Trinajstić information content (AvgIpc) is 2.33.